The van der Waals surface area contributed by atoms with Crippen molar-refractivity contribution in [2.75, 3.05) is 6.61 Å². The van der Waals surface area contributed by atoms with Crippen molar-refractivity contribution in [2.45, 2.75) is 20.5 Å². The summed E-state index contributed by atoms with van der Waals surface area (Å²) in [5.41, 5.74) is 0.970. The average Bonchev–Trinajstić information content (AvgIpc) is 2.58. The molecule has 1 aromatic rings. The minimum atomic E-state index is -0.372. The Kier molecular flexibility index (Phi) is 5.54. The molecule has 0 fully saturated rings. The van der Waals surface area contributed by atoms with Gasteiger partial charge in [0, 0.05) is 11.6 Å². The molecule has 0 atom stereocenters. The molecule has 0 saturated heterocycles. The Morgan fingerprint density at radius 1 is 1.62 bits per heavy atom. The number of aryl methyl sites for hydroxylation is 1. The lowest BCUT2D eigenvalue weighted by Gasteiger charge is -1.93. The van der Waals surface area contributed by atoms with Gasteiger partial charge in [0.2, 0.25) is 0 Å². The van der Waals surface area contributed by atoms with Gasteiger partial charge in [-0.25, -0.2) is 4.79 Å². The summed E-state index contributed by atoms with van der Waals surface area (Å²) < 4.78 is 15.2. The first kappa shape index (κ1) is 13.2. The van der Waals surface area contributed by atoms with Crippen LogP contribution in [0, 0.1) is 6.92 Å². The van der Waals surface area contributed by atoms with Crippen molar-refractivity contribution >= 4 is 35.1 Å². The van der Waals surface area contributed by atoms with Crippen LogP contribution in [0.25, 0.3) is 6.08 Å². The predicted octanol–water partition coefficient (Wildman–Crippen LogP) is 3.03. The zero-order valence-corrected chi connectivity index (χ0v) is 11.3. The molecule has 0 aliphatic heterocycles. The van der Waals surface area contributed by atoms with Crippen molar-refractivity contribution in [3.63, 3.8) is 0 Å². The highest BCUT2D eigenvalue weighted by atomic mass is 127. The summed E-state index contributed by atoms with van der Waals surface area (Å²) in [4.78, 5) is 11.1. The lowest BCUT2D eigenvalue weighted by atomic mass is 10.2. The van der Waals surface area contributed by atoms with Crippen LogP contribution in [-0.4, -0.2) is 12.6 Å². The fraction of sp³-hybridized carbons (Fsp3) is 0.364. The molecule has 1 heterocycles. The molecule has 4 nitrogen and oxygen atoms in total. The van der Waals surface area contributed by atoms with E-state index >= 15 is 0 Å². The molecule has 0 unspecified atom stereocenters. The van der Waals surface area contributed by atoms with E-state index in [9.17, 15) is 4.79 Å². The van der Waals surface area contributed by atoms with Crippen LogP contribution in [-0.2, 0) is 19.2 Å². The van der Waals surface area contributed by atoms with E-state index in [0.29, 0.717) is 19.0 Å². The van der Waals surface area contributed by atoms with Gasteiger partial charge in [-0.2, -0.15) is 0 Å². The summed E-state index contributed by atoms with van der Waals surface area (Å²) in [7, 11) is 0. The van der Waals surface area contributed by atoms with Gasteiger partial charge in [-0.3, -0.25) is 0 Å². The molecule has 0 saturated carbocycles. The summed E-state index contributed by atoms with van der Waals surface area (Å²) in [6.07, 6.45) is 2.93. The number of halogens is 1. The molecular formula is C11H13IO4. The third-order valence-electron chi connectivity index (χ3n) is 1.92. The van der Waals surface area contributed by atoms with Crippen molar-refractivity contribution in [3.8, 4) is 0 Å². The fourth-order valence-electron chi connectivity index (χ4n) is 1.17. The van der Waals surface area contributed by atoms with Gasteiger partial charge in [-0.1, -0.05) is 0 Å². The summed E-state index contributed by atoms with van der Waals surface area (Å²) in [6, 6.07) is 1.84. The Morgan fingerprint density at radius 3 is 3.00 bits per heavy atom. The normalized spacial score (nSPS) is 10.9. The molecule has 5 heteroatoms. The van der Waals surface area contributed by atoms with Crippen LogP contribution in [0.2, 0.25) is 0 Å². The molecule has 0 radical (unpaired) electrons. The second kappa shape index (κ2) is 6.70. The number of carbonyl (C=O) groups is 1. The van der Waals surface area contributed by atoms with E-state index in [0.717, 1.165) is 11.3 Å². The third-order valence-corrected chi connectivity index (χ3v) is 2.23. The molecular weight excluding hydrogens is 323 g/mol. The Hall–Kier alpha value is -0.820. The largest absolute Gasteiger partial charge is 0.463 e. The highest BCUT2D eigenvalue weighted by Crippen LogP contribution is 2.17. The maximum absolute atomic E-state index is 11.1. The van der Waals surface area contributed by atoms with E-state index in [2.05, 4.69) is 0 Å². The second-order valence-electron chi connectivity index (χ2n) is 3.07. The molecule has 0 aliphatic rings. The topological polar surface area (TPSA) is 48.7 Å². The molecule has 16 heavy (non-hydrogen) atoms. The summed E-state index contributed by atoms with van der Waals surface area (Å²) >= 11 is 1.83. The van der Waals surface area contributed by atoms with Gasteiger partial charge >= 0.3 is 5.97 Å². The van der Waals surface area contributed by atoms with Gasteiger partial charge in [0.05, 0.1) is 13.2 Å². The van der Waals surface area contributed by atoms with Crippen LogP contribution >= 0.6 is 23.0 Å². The molecule has 0 bridgehead atoms. The van der Waals surface area contributed by atoms with Crippen LogP contribution < -0.4 is 0 Å². The minimum absolute atomic E-state index is 0.369. The number of hydrogen-bond acceptors (Lipinski definition) is 4. The Morgan fingerprint density at radius 2 is 2.38 bits per heavy atom. The van der Waals surface area contributed by atoms with Gasteiger partial charge in [0.1, 0.15) is 34.5 Å². The minimum Gasteiger partial charge on any atom is -0.463 e. The van der Waals surface area contributed by atoms with Crippen LogP contribution in [0.4, 0.5) is 0 Å². The monoisotopic (exact) mass is 336 g/mol. The first-order chi connectivity index (χ1) is 7.67. The van der Waals surface area contributed by atoms with Crippen molar-refractivity contribution in [1.29, 1.82) is 0 Å². The lowest BCUT2D eigenvalue weighted by Crippen LogP contribution is -1.98. The number of hydrogen-bond donors (Lipinski definition) is 0. The van der Waals surface area contributed by atoms with Gasteiger partial charge in [-0.05, 0) is 26.0 Å². The van der Waals surface area contributed by atoms with Gasteiger partial charge in [-0.15, -0.1) is 0 Å². The molecule has 0 N–H and O–H groups in total. The SMILES string of the molecule is CCOC(=O)/C=C/c1cc(COI)c(C)o1. The third kappa shape index (κ3) is 3.97. The molecule has 88 valence electrons. The van der Waals surface area contributed by atoms with E-state index < -0.39 is 0 Å². The smallest absolute Gasteiger partial charge is 0.330 e. The van der Waals surface area contributed by atoms with Crippen LogP contribution in [0.1, 0.15) is 24.0 Å². The van der Waals surface area contributed by atoms with Crippen molar-refractivity contribution in [1.82, 2.24) is 0 Å². The molecule has 1 rings (SSSR count). The standard InChI is InChI=1S/C11H13IO4/c1-3-14-11(13)5-4-10-6-9(7-15-12)8(2)16-10/h4-6H,3,7H2,1-2H3/b5-4+. The molecule has 0 amide bonds. The van der Waals surface area contributed by atoms with Crippen molar-refractivity contribution in [2.24, 2.45) is 0 Å². The Labute approximate surface area is 108 Å². The zero-order chi connectivity index (χ0) is 12.0. The van der Waals surface area contributed by atoms with Crippen LogP contribution in [0.5, 0.6) is 0 Å². The number of esters is 1. The Bertz CT molecular complexity index is 381. The van der Waals surface area contributed by atoms with Gasteiger partial charge in [0.25, 0.3) is 0 Å². The summed E-state index contributed by atoms with van der Waals surface area (Å²) in [6.45, 7) is 4.47. The zero-order valence-electron chi connectivity index (χ0n) is 9.16. The Balaban J connectivity index is 2.67. The maximum atomic E-state index is 11.1. The molecule has 0 aliphatic carbocycles. The average molecular weight is 336 g/mol. The van der Waals surface area contributed by atoms with Gasteiger partial charge in [0.15, 0.2) is 0 Å². The van der Waals surface area contributed by atoms with E-state index in [-0.39, 0.29) is 5.97 Å². The van der Waals surface area contributed by atoms with Crippen molar-refractivity contribution < 1.29 is 17.0 Å². The van der Waals surface area contributed by atoms with E-state index in [4.69, 9.17) is 12.2 Å². The number of rotatable bonds is 5. The molecule has 0 aromatic carbocycles. The number of furan rings is 1. The lowest BCUT2D eigenvalue weighted by molar-refractivity contribution is -0.137. The highest BCUT2D eigenvalue weighted by Gasteiger charge is 2.05. The maximum Gasteiger partial charge on any atom is 0.330 e. The summed E-state index contributed by atoms with van der Waals surface area (Å²) in [5.74, 6) is 1.04. The summed E-state index contributed by atoms with van der Waals surface area (Å²) in [5, 5.41) is 0. The van der Waals surface area contributed by atoms with Crippen molar-refractivity contribution in [3.05, 3.63) is 29.2 Å². The number of ether oxygens (including phenoxy) is 1. The quantitative estimate of drug-likeness (QED) is 0.471. The van der Waals surface area contributed by atoms with E-state index in [1.807, 2.05) is 36.0 Å². The molecule has 0 spiro atoms. The van der Waals surface area contributed by atoms with Crippen LogP contribution in [0.15, 0.2) is 16.6 Å². The number of carbonyl (C=O) groups excluding carboxylic acids is 1. The molecule has 1 aromatic heterocycles. The fourth-order valence-corrected chi connectivity index (χ4v) is 1.51. The van der Waals surface area contributed by atoms with E-state index in [1.54, 1.807) is 13.0 Å². The van der Waals surface area contributed by atoms with Gasteiger partial charge < -0.3 is 12.2 Å². The highest BCUT2D eigenvalue weighted by molar-refractivity contribution is 14.1. The van der Waals surface area contributed by atoms with E-state index in [1.165, 1.54) is 6.08 Å². The predicted molar refractivity (Wildman–Crippen MR) is 67.9 cm³/mol. The second-order valence-corrected chi connectivity index (χ2v) is 3.69. The first-order valence-electron chi connectivity index (χ1n) is 4.85. The first-order valence-corrected chi connectivity index (χ1v) is 5.73. The van der Waals surface area contributed by atoms with Crippen LogP contribution in [0.3, 0.4) is 0 Å².